The Hall–Kier alpha value is -1.33. The summed E-state index contributed by atoms with van der Waals surface area (Å²) in [6, 6.07) is -0.803. The van der Waals surface area contributed by atoms with Crippen LogP contribution in [-0.4, -0.2) is 87.5 Å². The quantitative estimate of drug-likeness (QED) is 0.0261. The van der Waals surface area contributed by atoms with Crippen molar-refractivity contribution in [3.63, 3.8) is 0 Å². The summed E-state index contributed by atoms with van der Waals surface area (Å²) in [4.78, 5) is 13.1. The maximum absolute atomic E-state index is 13.1. The van der Waals surface area contributed by atoms with E-state index in [0.29, 0.717) is 6.42 Å². The molecule has 1 aliphatic rings. The van der Waals surface area contributed by atoms with Gasteiger partial charge in [0.05, 0.1) is 25.4 Å². The highest BCUT2D eigenvalue weighted by atomic mass is 16.7. The SMILES string of the molecule is CCCCCCCCCCCCCC/C=C\CCCCCCCCCCCCCCCCCCC(=O)NC(COC1OC(CO)C(O)C(O)C1O)C(O)/C=C/CCCCCCCCCCCCCCCCCCC. The van der Waals surface area contributed by atoms with Crippen LogP contribution in [0.4, 0.5) is 0 Å². The van der Waals surface area contributed by atoms with Gasteiger partial charge in [-0.2, -0.15) is 0 Å². The smallest absolute Gasteiger partial charge is 0.220 e. The fourth-order valence-electron chi connectivity index (χ4n) is 10.6. The molecule has 1 heterocycles. The lowest BCUT2D eigenvalue weighted by Gasteiger charge is -2.40. The summed E-state index contributed by atoms with van der Waals surface area (Å²) in [5.41, 5.74) is 0. The van der Waals surface area contributed by atoms with Crippen molar-refractivity contribution in [3.05, 3.63) is 24.3 Å². The second-order valence-corrected chi connectivity index (χ2v) is 22.9. The predicted octanol–water partition coefficient (Wildman–Crippen LogP) is 16.9. The molecule has 1 amide bonds. The van der Waals surface area contributed by atoms with Gasteiger partial charge in [0.1, 0.15) is 24.4 Å². The van der Waals surface area contributed by atoms with E-state index >= 15 is 0 Å². The standard InChI is InChI=1S/C65H125NO8/c1-3-5-7-9-11-13-15-17-19-21-23-24-25-26-27-28-29-30-31-32-33-34-35-37-39-41-43-45-47-49-51-53-55-61(69)66-58(57-73-65-64(72)63(71)62(70)60(56-67)74-65)59(68)54-52-50-48-46-44-42-40-38-36-22-20-18-16-14-12-10-8-6-4-2/h26-27,52,54,58-60,62-65,67-68,70-72H,3-25,28-51,53,55-57H2,1-2H3,(H,66,69)/b27-26-,54-52+. The minimum Gasteiger partial charge on any atom is -0.394 e. The highest BCUT2D eigenvalue weighted by Gasteiger charge is 2.44. The molecule has 438 valence electrons. The van der Waals surface area contributed by atoms with Gasteiger partial charge in [-0.1, -0.05) is 301 Å². The van der Waals surface area contributed by atoms with E-state index in [1.807, 2.05) is 6.08 Å². The summed E-state index contributed by atoms with van der Waals surface area (Å²) in [6.45, 7) is 3.83. The molecule has 7 atom stereocenters. The van der Waals surface area contributed by atoms with Gasteiger partial charge in [0.2, 0.25) is 5.91 Å². The zero-order valence-corrected chi connectivity index (χ0v) is 48.9. The molecule has 7 unspecified atom stereocenters. The molecule has 6 N–H and O–H groups in total. The van der Waals surface area contributed by atoms with Crippen LogP contribution in [0.15, 0.2) is 24.3 Å². The maximum Gasteiger partial charge on any atom is 0.220 e. The number of aliphatic hydroxyl groups excluding tert-OH is 5. The third kappa shape index (κ3) is 43.6. The van der Waals surface area contributed by atoms with Crippen molar-refractivity contribution >= 4 is 5.91 Å². The third-order valence-corrected chi connectivity index (χ3v) is 15.8. The van der Waals surface area contributed by atoms with Crippen LogP contribution in [-0.2, 0) is 14.3 Å². The van der Waals surface area contributed by atoms with E-state index in [-0.39, 0.29) is 12.5 Å². The third-order valence-electron chi connectivity index (χ3n) is 15.8. The van der Waals surface area contributed by atoms with E-state index in [1.165, 1.54) is 270 Å². The Morgan fingerprint density at radius 3 is 1.09 bits per heavy atom. The molecule has 0 saturated carbocycles. The second kappa shape index (κ2) is 55.0. The summed E-state index contributed by atoms with van der Waals surface area (Å²) in [7, 11) is 0. The van der Waals surface area contributed by atoms with Gasteiger partial charge in [0.15, 0.2) is 6.29 Å². The Morgan fingerprint density at radius 1 is 0.446 bits per heavy atom. The van der Waals surface area contributed by atoms with Gasteiger partial charge in [0, 0.05) is 6.42 Å². The molecule has 1 rings (SSSR count). The molecule has 9 heteroatoms. The first-order valence-electron chi connectivity index (χ1n) is 32.6. The van der Waals surface area contributed by atoms with Gasteiger partial charge >= 0.3 is 0 Å². The molecular formula is C65H125NO8. The summed E-state index contributed by atoms with van der Waals surface area (Å²) >= 11 is 0. The zero-order chi connectivity index (χ0) is 53.6. The van der Waals surface area contributed by atoms with Crippen molar-refractivity contribution in [1.29, 1.82) is 0 Å². The number of ether oxygens (including phenoxy) is 2. The molecule has 74 heavy (non-hydrogen) atoms. The van der Waals surface area contributed by atoms with E-state index in [1.54, 1.807) is 6.08 Å². The zero-order valence-electron chi connectivity index (χ0n) is 48.9. The molecule has 0 bridgehead atoms. The van der Waals surface area contributed by atoms with Crippen LogP contribution in [0.3, 0.4) is 0 Å². The van der Waals surface area contributed by atoms with Crippen molar-refractivity contribution in [2.24, 2.45) is 0 Å². The van der Waals surface area contributed by atoms with Gasteiger partial charge in [-0.25, -0.2) is 0 Å². The highest BCUT2D eigenvalue weighted by molar-refractivity contribution is 5.76. The first kappa shape index (κ1) is 70.7. The number of aliphatic hydroxyl groups is 5. The summed E-state index contributed by atoms with van der Waals surface area (Å²) in [5, 5.41) is 54.6. The Balaban J connectivity index is 2.12. The van der Waals surface area contributed by atoms with Gasteiger partial charge in [-0.3, -0.25) is 4.79 Å². The average molecular weight is 1050 g/mol. The molecule has 0 aromatic heterocycles. The fraction of sp³-hybridized carbons (Fsp3) is 0.923. The predicted molar refractivity (Wildman–Crippen MR) is 314 cm³/mol. The van der Waals surface area contributed by atoms with Crippen LogP contribution in [0.1, 0.15) is 328 Å². The van der Waals surface area contributed by atoms with E-state index < -0.39 is 49.5 Å². The average Bonchev–Trinajstić information content (AvgIpc) is 3.40. The van der Waals surface area contributed by atoms with E-state index in [9.17, 15) is 30.3 Å². The van der Waals surface area contributed by atoms with Crippen LogP contribution in [0.2, 0.25) is 0 Å². The van der Waals surface area contributed by atoms with Crippen molar-refractivity contribution in [3.8, 4) is 0 Å². The van der Waals surface area contributed by atoms with Gasteiger partial charge < -0.3 is 40.3 Å². The van der Waals surface area contributed by atoms with Gasteiger partial charge in [-0.05, 0) is 44.9 Å². The Bertz CT molecular complexity index is 1210. The minimum absolute atomic E-state index is 0.170. The number of unbranched alkanes of at least 4 members (excludes halogenated alkanes) is 45. The first-order valence-corrected chi connectivity index (χ1v) is 32.6. The molecule has 0 aromatic carbocycles. The second-order valence-electron chi connectivity index (χ2n) is 22.9. The Kier molecular flexibility index (Phi) is 52.5. The number of hydrogen-bond acceptors (Lipinski definition) is 8. The van der Waals surface area contributed by atoms with Crippen LogP contribution >= 0.6 is 0 Å². The van der Waals surface area contributed by atoms with Crippen molar-refractivity contribution in [2.75, 3.05) is 13.2 Å². The number of nitrogens with one attached hydrogen (secondary N) is 1. The topological polar surface area (TPSA) is 149 Å². The monoisotopic (exact) mass is 1050 g/mol. The van der Waals surface area contributed by atoms with Crippen LogP contribution in [0, 0.1) is 0 Å². The largest absolute Gasteiger partial charge is 0.394 e. The van der Waals surface area contributed by atoms with Gasteiger partial charge in [-0.15, -0.1) is 0 Å². The molecule has 0 aliphatic carbocycles. The number of carbonyl (C=O) groups excluding carboxylic acids is 1. The lowest BCUT2D eigenvalue weighted by atomic mass is 9.99. The lowest BCUT2D eigenvalue weighted by Crippen LogP contribution is -2.60. The van der Waals surface area contributed by atoms with E-state index in [2.05, 4.69) is 31.3 Å². The van der Waals surface area contributed by atoms with E-state index in [4.69, 9.17) is 9.47 Å². The molecule has 1 aliphatic heterocycles. The molecule has 0 aromatic rings. The number of carbonyl (C=O) groups is 1. The van der Waals surface area contributed by atoms with Gasteiger partial charge in [0.25, 0.3) is 0 Å². The maximum atomic E-state index is 13.1. The van der Waals surface area contributed by atoms with Crippen molar-refractivity contribution in [1.82, 2.24) is 5.32 Å². The molecule has 0 radical (unpaired) electrons. The summed E-state index contributed by atoms with van der Waals surface area (Å²) in [6.07, 6.45) is 64.1. The Labute approximate surface area is 458 Å². The highest BCUT2D eigenvalue weighted by Crippen LogP contribution is 2.23. The summed E-state index contributed by atoms with van der Waals surface area (Å²) < 4.78 is 11.3. The number of rotatable bonds is 57. The summed E-state index contributed by atoms with van der Waals surface area (Å²) in [5.74, 6) is -0.170. The fourth-order valence-corrected chi connectivity index (χ4v) is 10.6. The number of amides is 1. The number of allylic oxidation sites excluding steroid dienone is 3. The van der Waals surface area contributed by atoms with E-state index in [0.717, 1.165) is 38.5 Å². The number of hydrogen-bond donors (Lipinski definition) is 6. The molecular weight excluding hydrogens is 923 g/mol. The van der Waals surface area contributed by atoms with Crippen LogP contribution in [0.5, 0.6) is 0 Å². The molecule has 1 saturated heterocycles. The molecule has 0 spiro atoms. The molecule has 9 nitrogen and oxygen atoms in total. The van der Waals surface area contributed by atoms with Crippen molar-refractivity contribution < 1.29 is 39.8 Å². The normalized spacial score (nSPS) is 19.0. The van der Waals surface area contributed by atoms with Crippen molar-refractivity contribution in [2.45, 2.75) is 371 Å². The van der Waals surface area contributed by atoms with Crippen LogP contribution in [0.25, 0.3) is 0 Å². The first-order chi connectivity index (χ1) is 36.3. The van der Waals surface area contributed by atoms with Crippen LogP contribution < -0.4 is 5.32 Å². The Morgan fingerprint density at radius 2 is 0.757 bits per heavy atom. The lowest BCUT2D eigenvalue weighted by molar-refractivity contribution is -0.302. The minimum atomic E-state index is -1.57. The molecule has 1 fully saturated rings.